The maximum Gasteiger partial charge on any atom is 0.128 e. The molecule has 1 heterocycles. The number of halogens is 1. The molecule has 0 aliphatic carbocycles. The number of hydrazine groups is 1. The number of hydrogen-bond donors (Lipinski definition) is 1. The quantitative estimate of drug-likeness (QED) is 0.481. The Bertz CT molecular complexity index is 275. The summed E-state index contributed by atoms with van der Waals surface area (Å²) in [4.78, 5) is 0. The molecular weight excluding hydrogens is 143 g/mol. The van der Waals surface area contributed by atoms with E-state index in [0.29, 0.717) is 5.56 Å². The summed E-state index contributed by atoms with van der Waals surface area (Å²) < 4.78 is 13.0. The Kier molecular flexibility index (Phi) is 1.41. The lowest BCUT2D eigenvalue weighted by Gasteiger charge is -1.98. The van der Waals surface area contributed by atoms with Gasteiger partial charge < -0.3 is 0 Å². The standard InChI is InChI=1S/C8H9FN2/c9-7-4-2-1-3-6(7)8-5-11(8)10/h1-4,8H,5,10H2. The minimum Gasteiger partial charge on any atom is -0.268 e. The molecule has 1 saturated heterocycles. The van der Waals surface area contributed by atoms with E-state index in [9.17, 15) is 4.39 Å². The van der Waals surface area contributed by atoms with Crippen LogP contribution in [0, 0.1) is 5.82 Å². The molecule has 0 bridgehead atoms. The molecule has 1 aliphatic heterocycles. The van der Waals surface area contributed by atoms with E-state index in [1.807, 2.05) is 6.07 Å². The second-order valence-corrected chi connectivity index (χ2v) is 2.73. The van der Waals surface area contributed by atoms with Crippen LogP contribution >= 0.6 is 0 Å². The average Bonchev–Trinajstić information content (AvgIpc) is 2.68. The Balaban J connectivity index is 2.31. The van der Waals surface area contributed by atoms with Crippen molar-refractivity contribution in [3.05, 3.63) is 35.6 Å². The van der Waals surface area contributed by atoms with Crippen molar-refractivity contribution in [2.24, 2.45) is 5.84 Å². The van der Waals surface area contributed by atoms with Gasteiger partial charge in [0.25, 0.3) is 0 Å². The van der Waals surface area contributed by atoms with Crippen molar-refractivity contribution in [3.8, 4) is 0 Å². The largest absolute Gasteiger partial charge is 0.268 e. The van der Waals surface area contributed by atoms with Crippen LogP contribution in [0.5, 0.6) is 0 Å². The third-order valence-corrected chi connectivity index (χ3v) is 1.91. The summed E-state index contributed by atoms with van der Waals surface area (Å²) in [7, 11) is 0. The lowest BCUT2D eigenvalue weighted by molar-refractivity contribution is 0.527. The lowest BCUT2D eigenvalue weighted by atomic mass is 10.1. The van der Waals surface area contributed by atoms with Crippen molar-refractivity contribution in [2.75, 3.05) is 6.54 Å². The van der Waals surface area contributed by atoms with Gasteiger partial charge >= 0.3 is 0 Å². The minimum absolute atomic E-state index is 0.108. The molecule has 0 spiro atoms. The van der Waals surface area contributed by atoms with Gasteiger partial charge in [0.2, 0.25) is 0 Å². The van der Waals surface area contributed by atoms with Gasteiger partial charge in [0, 0.05) is 12.1 Å². The Morgan fingerprint density at radius 2 is 2.09 bits per heavy atom. The van der Waals surface area contributed by atoms with E-state index in [2.05, 4.69) is 0 Å². The maximum absolute atomic E-state index is 13.0. The van der Waals surface area contributed by atoms with Crippen LogP contribution in [0.4, 0.5) is 4.39 Å². The normalized spacial score (nSPS) is 28.5. The molecule has 0 saturated carbocycles. The third-order valence-electron chi connectivity index (χ3n) is 1.91. The highest BCUT2D eigenvalue weighted by atomic mass is 19.1. The van der Waals surface area contributed by atoms with E-state index in [0.717, 1.165) is 6.54 Å². The van der Waals surface area contributed by atoms with Crippen LogP contribution in [-0.4, -0.2) is 11.6 Å². The molecule has 11 heavy (non-hydrogen) atoms. The monoisotopic (exact) mass is 152 g/mol. The van der Waals surface area contributed by atoms with Crippen molar-refractivity contribution >= 4 is 0 Å². The first-order valence-corrected chi connectivity index (χ1v) is 3.55. The summed E-state index contributed by atoms with van der Waals surface area (Å²) >= 11 is 0. The maximum atomic E-state index is 13.0. The fraction of sp³-hybridized carbons (Fsp3) is 0.250. The van der Waals surface area contributed by atoms with Crippen molar-refractivity contribution in [2.45, 2.75) is 6.04 Å². The van der Waals surface area contributed by atoms with Crippen molar-refractivity contribution < 1.29 is 4.39 Å². The first-order valence-electron chi connectivity index (χ1n) is 3.55. The van der Waals surface area contributed by atoms with Gasteiger partial charge in [0.15, 0.2) is 0 Å². The molecule has 2 atom stereocenters. The summed E-state index contributed by atoms with van der Waals surface area (Å²) in [6.45, 7) is 0.765. The van der Waals surface area contributed by atoms with Gasteiger partial charge in [-0.2, -0.15) is 0 Å². The zero-order chi connectivity index (χ0) is 7.84. The predicted octanol–water partition coefficient (Wildman–Crippen LogP) is 1.06. The van der Waals surface area contributed by atoms with Gasteiger partial charge in [0.1, 0.15) is 5.82 Å². The van der Waals surface area contributed by atoms with Gasteiger partial charge in [0.05, 0.1) is 6.04 Å². The molecule has 1 aromatic rings. The molecule has 0 aromatic heterocycles. The first kappa shape index (κ1) is 6.76. The van der Waals surface area contributed by atoms with Crippen LogP contribution in [0.2, 0.25) is 0 Å². The highest BCUT2D eigenvalue weighted by Crippen LogP contribution is 2.31. The van der Waals surface area contributed by atoms with Crippen LogP contribution in [0.25, 0.3) is 0 Å². The van der Waals surface area contributed by atoms with Gasteiger partial charge in [-0.15, -0.1) is 0 Å². The van der Waals surface area contributed by atoms with Gasteiger partial charge in [-0.25, -0.2) is 9.40 Å². The molecule has 1 aromatic carbocycles. The molecule has 0 amide bonds. The molecule has 2 unspecified atom stereocenters. The van der Waals surface area contributed by atoms with Crippen LogP contribution in [-0.2, 0) is 0 Å². The van der Waals surface area contributed by atoms with E-state index in [1.54, 1.807) is 17.1 Å². The van der Waals surface area contributed by atoms with Gasteiger partial charge in [-0.1, -0.05) is 18.2 Å². The first-order chi connectivity index (χ1) is 5.29. The summed E-state index contributed by atoms with van der Waals surface area (Å²) in [5.74, 6) is 5.27. The van der Waals surface area contributed by atoms with Crippen molar-refractivity contribution in [1.29, 1.82) is 0 Å². The zero-order valence-electron chi connectivity index (χ0n) is 6.00. The Morgan fingerprint density at radius 3 is 2.64 bits per heavy atom. The topological polar surface area (TPSA) is 29.0 Å². The van der Waals surface area contributed by atoms with Crippen LogP contribution in [0.1, 0.15) is 11.6 Å². The molecule has 2 nitrogen and oxygen atoms in total. The number of benzene rings is 1. The number of nitrogens with zero attached hydrogens (tertiary/aromatic N) is 1. The molecule has 2 rings (SSSR count). The molecule has 1 aliphatic rings. The number of hydrogen-bond acceptors (Lipinski definition) is 2. The molecule has 3 heteroatoms. The van der Waals surface area contributed by atoms with E-state index >= 15 is 0 Å². The third kappa shape index (κ3) is 1.13. The van der Waals surface area contributed by atoms with Gasteiger partial charge in [-0.3, -0.25) is 5.84 Å². The average molecular weight is 152 g/mol. The van der Waals surface area contributed by atoms with E-state index in [-0.39, 0.29) is 11.9 Å². The predicted molar refractivity (Wildman–Crippen MR) is 40.0 cm³/mol. The fourth-order valence-corrected chi connectivity index (χ4v) is 1.17. The van der Waals surface area contributed by atoms with Crippen molar-refractivity contribution in [3.63, 3.8) is 0 Å². The molecule has 58 valence electrons. The van der Waals surface area contributed by atoms with E-state index in [1.165, 1.54) is 6.07 Å². The summed E-state index contributed by atoms with van der Waals surface area (Å²) in [5, 5.41) is 1.61. The van der Waals surface area contributed by atoms with Crippen LogP contribution in [0.15, 0.2) is 24.3 Å². The van der Waals surface area contributed by atoms with Crippen LogP contribution in [0.3, 0.4) is 0 Å². The summed E-state index contributed by atoms with van der Waals surface area (Å²) in [5.41, 5.74) is 0.704. The molecule has 1 fully saturated rings. The van der Waals surface area contributed by atoms with Gasteiger partial charge in [-0.05, 0) is 6.07 Å². The Hall–Kier alpha value is -0.930. The summed E-state index contributed by atoms with van der Waals surface area (Å²) in [6.07, 6.45) is 0. The smallest absolute Gasteiger partial charge is 0.128 e. The van der Waals surface area contributed by atoms with E-state index < -0.39 is 0 Å². The molecule has 0 radical (unpaired) electrons. The van der Waals surface area contributed by atoms with Crippen LogP contribution < -0.4 is 5.84 Å². The lowest BCUT2D eigenvalue weighted by Crippen LogP contribution is -2.06. The van der Waals surface area contributed by atoms with E-state index in [4.69, 9.17) is 5.84 Å². The number of nitrogens with two attached hydrogens (primary N) is 1. The highest BCUT2D eigenvalue weighted by molar-refractivity contribution is 5.24. The number of rotatable bonds is 1. The second-order valence-electron chi connectivity index (χ2n) is 2.73. The Morgan fingerprint density at radius 1 is 1.45 bits per heavy atom. The second kappa shape index (κ2) is 2.29. The Labute approximate surface area is 64.4 Å². The SMILES string of the molecule is NN1CC1c1ccccc1F. The zero-order valence-corrected chi connectivity index (χ0v) is 6.00. The summed E-state index contributed by atoms with van der Waals surface area (Å²) in [6, 6.07) is 6.84. The minimum atomic E-state index is -0.162. The fourth-order valence-electron chi connectivity index (χ4n) is 1.17. The molecular formula is C8H9FN2. The molecule has 2 N–H and O–H groups in total. The highest BCUT2D eigenvalue weighted by Gasteiger charge is 2.34. The van der Waals surface area contributed by atoms with Crippen molar-refractivity contribution in [1.82, 2.24) is 5.01 Å².